The molecular formula is C15H13ClN2O4. The largest absolute Gasteiger partial charge is 0.456 e. The maximum Gasteiger partial charge on any atom is 0.271 e. The van der Waals surface area contributed by atoms with Crippen molar-refractivity contribution in [3.8, 4) is 11.5 Å². The second kappa shape index (κ2) is 6.44. The molecule has 0 unspecified atom stereocenters. The van der Waals surface area contributed by atoms with Gasteiger partial charge >= 0.3 is 0 Å². The van der Waals surface area contributed by atoms with Gasteiger partial charge in [0, 0.05) is 31.8 Å². The number of halogens is 1. The summed E-state index contributed by atoms with van der Waals surface area (Å²) in [5.74, 6) is 0.547. The standard InChI is InChI=1S/C15H13ClN2O4/c1-17(2)15(19)10-4-3-5-12(8-10)22-14-7-6-11(18(20)21)9-13(14)16/h3-9H,1-2H3. The second-order valence-electron chi connectivity index (χ2n) is 4.70. The van der Waals surface area contributed by atoms with E-state index in [-0.39, 0.29) is 22.4 Å². The Kier molecular flexibility index (Phi) is 4.62. The summed E-state index contributed by atoms with van der Waals surface area (Å²) in [6.45, 7) is 0. The van der Waals surface area contributed by atoms with E-state index in [0.717, 1.165) is 0 Å². The van der Waals surface area contributed by atoms with Gasteiger partial charge in [0.25, 0.3) is 11.6 Å². The van der Waals surface area contributed by atoms with Crippen LogP contribution >= 0.6 is 11.6 Å². The molecule has 0 aliphatic rings. The topological polar surface area (TPSA) is 72.7 Å². The number of nitro groups is 1. The van der Waals surface area contributed by atoms with Crippen molar-refractivity contribution < 1.29 is 14.5 Å². The van der Waals surface area contributed by atoms with Crippen LogP contribution in [0.15, 0.2) is 42.5 Å². The van der Waals surface area contributed by atoms with Gasteiger partial charge in [-0.05, 0) is 24.3 Å². The molecule has 0 saturated carbocycles. The normalized spacial score (nSPS) is 10.1. The Labute approximate surface area is 132 Å². The van der Waals surface area contributed by atoms with Crippen molar-refractivity contribution in [3.05, 3.63) is 63.2 Å². The Hall–Kier alpha value is -2.60. The van der Waals surface area contributed by atoms with E-state index in [9.17, 15) is 14.9 Å². The minimum absolute atomic E-state index is 0.117. The van der Waals surface area contributed by atoms with Crippen LogP contribution in [0.2, 0.25) is 5.02 Å². The summed E-state index contributed by atoms with van der Waals surface area (Å²) in [6, 6.07) is 10.5. The van der Waals surface area contributed by atoms with Crippen molar-refractivity contribution in [3.63, 3.8) is 0 Å². The summed E-state index contributed by atoms with van der Waals surface area (Å²) in [5, 5.41) is 10.8. The van der Waals surface area contributed by atoms with Gasteiger partial charge in [0.15, 0.2) is 0 Å². The van der Waals surface area contributed by atoms with Gasteiger partial charge in [0.2, 0.25) is 0 Å². The van der Waals surface area contributed by atoms with Crippen LogP contribution in [0, 0.1) is 10.1 Å². The number of ether oxygens (including phenoxy) is 1. The first-order valence-corrected chi connectivity index (χ1v) is 6.70. The van der Waals surface area contributed by atoms with E-state index >= 15 is 0 Å². The van der Waals surface area contributed by atoms with Crippen LogP contribution in [0.25, 0.3) is 0 Å². The number of hydrogen-bond donors (Lipinski definition) is 0. The number of amides is 1. The molecule has 0 bridgehead atoms. The summed E-state index contributed by atoms with van der Waals surface area (Å²) < 4.78 is 5.59. The number of nitrogens with zero attached hydrogens (tertiary/aromatic N) is 2. The molecule has 0 spiro atoms. The third-order valence-electron chi connectivity index (χ3n) is 2.84. The van der Waals surface area contributed by atoms with Crippen molar-refractivity contribution in [2.75, 3.05) is 14.1 Å². The van der Waals surface area contributed by atoms with Crippen LogP contribution in [-0.2, 0) is 0 Å². The first-order chi connectivity index (χ1) is 10.4. The minimum atomic E-state index is -0.536. The van der Waals surface area contributed by atoms with Gasteiger partial charge in [-0.1, -0.05) is 17.7 Å². The van der Waals surface area contributed by atoms with E-state index in [1.807, 2.05) is 0 Å². The average Bonchev–Trinajstić information content (AvgIpc) is 2.48. The molecule has 0 atom stereocenters. The lowest BCUT2D eigenvalue weighted by Crippen LogP contribution is -2.21. The Balaban J connectivity index is 2.26. The minimum Gasteiger partial charge on any atom is -0.456 e. The quantitative estimate of drug-likeness (QED) is 0.635. The molecule has 0 aliphatic carbocycles. The SMILES string of the molecule is CN(C)C(=O)c1cccc(Oc2ccc([N+](=O)[O-])cc2Cl)c1. The van der Waals surface area contributed by atoms with E-state index in [4.69, 9.17) is 16.3 Å². The smallest absolute Gasteiger partial charge is 0.271 e. The first kappa shape index (κ1) is 15.8. The van der Waals surface area contributed by atoms with Gasteiger partial charge in [-0.25, -0.2) is 0 Å². The number of rotatable bonds is 4. The van der Waals surface area contributed by atoms with Gasteiger partial charge < -0.3 is 9.64 Å². The predicted molar refractivity (Wildman–Crippen MR) is 82.6 cm³/mol. The fourth-order valence-electron chi connectivity index (χ4n) is 1.76. The molecule has 0 aromatic heterocycles. The van der Waals surface area contributed by atoms with Crippen molar-refractivity contribution in [2.24, 2.45) is 0 Å². The van der Waals surface area contributed by atoms with Gasteiger partial charge in [-0.2, -0.15) is 0 Å². The molecule has 2 aromatic rings. The molecule has 0 radical (unpaired) electrons. The van der Waals surface area contributed by atoms with Crippen LogP contribution in [0.1, 0.15) is 10.4 Å². The summed E-state index contributed by atoms with van der Waals surface area (Å²) in [6.07, 6.45) is 0. The zero-order valence-electron chi connectivity index (χ0n) is 11.9. The third kappa shape index (κ3) is 3.53. The third-order valence-corrected chi connectivity index (χ3v) is 3.14. The number of carbonyl (C=O) groups is 1. The lowest BCUT2D eigenvalue weighted by Gasteiger charge is -2.12. The number of nitro benzene ring substituents is 1. The Morgan fingerprint density at radius 3 is 2.55 bits per heavy atom. The molecule has 0 N–H and O–H groups in total. The zero-order valence-corrected chi connectivity index (χ0v) is 12.7. The molecule has 22 heavy (non-hydrogen) atoms. The van der Waals surface area contributed by atoms with Crippen LogP contribution in [0.4, 0.5) is 5.69 Å². The molecule has 2 rings (SSSR count). The van der Waals surface area contributed by atoms with E-state index in [0.29, 0.717) is 11.3 Å². The van der Waals surface area contributed by atoms with Gasteiger partial charge in [-0.3, -0.25) is 14.9 Å². The van der Waals surface area contributed by atoms with Crippen molar-refractivity contribution in [1.82, 2.24) is 4.90 Å². The molecule has 7 heteroatoms. The molecule has 0 heterocycles. The highest BCUT2D eigenvalue weighted by atomic mass is 35.5. The Morgan fingerprint density at radius 1 is 1.23 bits per heavy atom. The summed E-state index contributed by atoms with van der Waals surface area (Å²) in [4.78, 5) is 23.5. The molecule has 0 fully saturated rings. The maximum atomic E-state index is 11.9. The number of hydrogen-bond acceptors (Lipinski definition) is 4. The predicted octanol–water partition coefficient (Wildman–Crippen LogP) is 3.74. The molecule has 114 valence electrons. The van der Waals surface area contributed by atoms with Crippen LogP contribution in [0.5, 0.6) is 11.5 Å². The summed E-state index contributed by atoms with van der Waals surface area (Å²) >= 11 is 5.97. The van der Waals surface area contributed by atoms with Gasteiger partial charge in [0.05, 0.1) is 9.95 Å². The van der Waals surface area contributed by atoms with Crippen molar-refractivity contribution in [2.45, 2.75) is 0 Å². The first-order valence-electron chi connectivity index (χ1n) is 6.32. The van der Waals surface area contributed by atoms with E-state index in [2.05, 4.69) is 0 Å². The number of non-ortho nitro benzene ring substituents is 1. The second-order valence-corrected chi connectivity index (χ2v) is 5.11. The Morgan fingerprint density at radius 2 is 1.95 bits per heavy atom. The summed E-state index contributed by atoms with van der Waals surface area (Å²) in [7, 11) is 3.31. The molecule has 1 amide bonds. The number of benzene rings is 2. The lowest BCUT2D eigenvalue weighted by molar-refractivity contribution is -0.384. The highest BCUT2D eigenvalue weighted by molar-refractivity contribution is 6.32. The lowest BCUT2D eigenvalue weighted by atomic mass is 10.2. The summed E-state index contributed by atoms with van der Waals surface area (Å²) in [5.41, 5.74) is 0.356. The van der Waals surface area contributed by atoms with Gasteiger partial charge in [0.1, 0.15) is 11.5 Å². The highest BCUT2D eigenvalue weighted by Gasteiger charge is 2.12. The molecule has 0 saturated heterocycles. The fourth-order valence-corrected chi connectivity index (χ4v) is 1.98. The van der Waals surface area contributed by atoms with Gasteiger partial charge in [-0.15, -0.1) is 0 Å². The molecule has 6 nitrogen and oxygen atoms in total. The molecule has 0 aliphatic heterocycles. The van der Waals surface area contributed by atoms with E-state index in [1.165, 1.54) is 23.1 Å². The average molecular weight is 321 g/mol. The van der Waals surface area contributed by atoms with Crippen molar-refractivity contribution >= 4 is 23.2 Å². The Bertz CT molecular complexity index is 731. The number of carbonyl (C=O) groups excluding carboxylic acids is 1. The van der Waals surface area contributed by atoms with Crippen LogP contribution < -0.4 is 4.74 Å². The van der Waals surface area contributed by atoms with E-state index < -0.39 is 4.92 Å². The molecule has 2 aromatic carbocycles. The molecular weight excluding hydrogens is 308 g/mol. The van der Waals surface area contributed by atoms with E-state index in [1.54, 1.807) is 38.4 Å². The van der Waals surface area contributed by atoms with Crippen LogP contribution in [0.3, 0.4) is 0 Å². The zero-order chi connectivity index (χ0) is 16.3. The monoisotopic (exact) mass is 320 g/mol. The van der Waals surface area contributed by atoms with Crippen LogP contribution in [-0.4, -0.2) is 29.8 Å². The fraction of sp³-hybridized carbons (Fsp3) is 0.133. The highest BCUT2D eigenvalue weighted by Crippen LogP contribution is 2.32. The van der Waals surface area contributed by atoms with Crippen molar-refractivity contribution in [1.29, 1.82) is 0 Å². The maximum absolute atomic E-state index is 11.9.